The number of amides is 2. The van der Waals surface area contributed by atoms with Gasteiger partial charge in [0.25, 0.3) is 0 Å². The molecule has 1 saturated heterocycles. The normalized spacial score (nSPS) is 16.7. The quantitative estimate of drug-likeness (QED) is 0.854. The Morgan fingerprint density at radius 1 is 1.15 bits per heavy atom. The summed E-state index contributed by atoms with van der Waals surface area (Å²) in [4.78, 5) is 28.4. The van der Waals surface area contributed by atoms with Crippen LogP contribution in [0.5, 0.6) is 0 Å². The fraction of sp³-hybridized carbons (Fsp3) is 0.263. The Labute approximate surface area is 162 Å². The van der Waals surface area contributed by atoms with Crippen LogP contribution in [0.2, 0.25) is 10.0 Å². The Kier molecular flexibility index (Phi) is 5.39. The lowest BCUT2D eigenvalue weighted by atomic mass is 10.1. The van der Waals surface area contributed by atoms with Crippen LogP contribution in [-0.2, 0) is 9.59 Å². The maximum absolute atomic E-state index is 12.5. The van der Waals surface area contributed by atoms with Crippen LogP contribution in [0.15, 0.2) is 42.5 Å². The summed E-state index contributed by atoms with van der Waals surface area (Å²) in [5, 5.41) is 3.58. The molecule has 1 heterocycles. The molecule has 1 atom stereocenters. The molecule has 2 aromatic carbocycles. The third-order valence-corrected chi connectivity index (χ3v) is 5.18. The van der Waals surface area contributed by atoms with E-state index in [-0.39, 0.29) is 24.8 Å². The highest BCUT2D eigenvalue weighted by molar-refractivity contribution is 6.44. The van der Waals surface area contributed by atoms with Crippen molar-refractivity contribution < 1.29 is 9.59 Å². The van der Waals surface area contributed by atoms with Crippen LogP contribution in [0.4, 0.5) is 17.1 Å². The lowest BCUT2D eigenvalue weighted by Gasteiger charge is -2.18. The number of nitrogens with one attached hydrogen (secondary N) is 1. The molecule has 0 radical (unpaired) electrons. The predicted molar refractivity (Wildman–Crippen MR) is 106 cm³/mol. The molecule has 1 N–H and O–H groups in total. The number of carbonyl (C=O) groups is 2. The van der Waals surface area contributed by atoms with Crippen LogP contribution in [0, 0.1) is 5.92 Å². The highest BCUT2D eigenvalue weighted by atomic mass is 35.5. The van der Waals surface area contributed by atoms with Gasteiger partial charge in [0.05, 0.1) is 21.7 Å². The van der Waals surface area contributed by atoms with Gasteiger partial charge >= 0.3 is 0 Å². The van der Waals surface area contributed by atoms with Gasteiger partial charge in [-0.1, -0.05) is 29.3 Å². The Morgan fingerprint density at radius 2 is 1.85 bits per heavy atom. The third-order valence-electron chi connectivity index (χ3n) is 4.37. The average molecular weight is 392 g/mol. The van der Waals surface area contributed by atoms with E-state index in [1.54, 1.807) is 18.2 Å². The molecule has 1 aliphatic heterocycles. The number of rotatable bonds is 4. The first-order chi connectivity index (χ1) is 12.4. The maximum atomic E-state index is 12.5. The van der Waals surface area contributed by atoms with Gasteiger partial charge in [0.1, 0.15) is 0 Å². The molecule has 0 bridgehead atoms. The number of benzene rings is 2. The second kappa shape index (κ2) is 7.56. The Bertz CT molecular complexity index is 837. The van der Waals surface area contributed by atoms with Gasteiger partial charge in [-0.15, -0.1) is 0 Å². The van der Waals surface area contributed by atoms with E-state index in [2.05, 4.69) is 5.32 Å². The highest BCUT2D eigenvalue weighted by Gasteiger charge is 2.36. The lowest BCUT2D eigenvalue weighted by molar-refractivity contribution is -0.122. The van der Waals surface area contributed by atoms with Crippen molar-refractivity contribution >= 4 is 52.1 Å². The van der Waals surface area contributed by atoms with Crippen molar-refractivity contribution in [3.63, 3.8) is 0 Å². The van der Waals surface area contributed by atoms with E-state index in [4.69, 9.17) is 23.2 Å². The number of anilines is 3. The summed E-state index contributed by atoms with van der Waals surface area (Å²) in [7, 11) is 3.90. The zero-order chi connectivity index (χ0) is 18.8. The first-order valence-corrected chi connectivity index (χ1v) is 8.95. The molecule has 7 heteroatoms. The van der Waals surface area contributed by atoms with Crippen molar-refractivity contribution in [3.8, 4) is 0 Å². The van der Waals surface area contributed by atoms with Crippen LogP contribution < -0.4 is 15.1 Å². The Hall–Kier alpha value is -2.24. The topological polar surface area (TPSA) is 52.7 Å². The molecule has 0 aromatic heterocycles. The van der Waals surface area contributed by atoms with Crippen LogP contribution in [0.1, 0.15) is 6.42 Å². The SMILES string of the molecule is CN(C)c1ccc(NC(=O)C2CC(=O)N(c3cccc(Cl)c3Cl)C2)cc1. The summed E-state index contributed by atoms with van der Waals surface area (Å²) in [5.74, 6) is -0.764. The molecule has 1 fully saturated rings. The van der Waals surface area contributed by atoms with E-state index < -0.39 is 5.92 Å². The van der Waals surface area contributed by atoms with Crippen LogP contribution in [-0.4, -0.2) is 32.5 Å². The Balaban J connectivity index is 1.70. The van der Waals surface area contributed by atoms with Crippen LogP contribution in [0.25, 0.3) is 0 Å². The number of halogens is 2. The van der Waals surface area contributed by atoms with Gasteiger partial charge in [0.2, 0.25) is 11.8 Å². The number of hydrogen-bond donors (Lipinski definition) is 1. The maximum Gasteiger partial charge on any atom is 0.229 e. The molecule has 1 aliphatic rings. The minimum absolute atomic E-state index is 0.141. The molecular weight excluding hydrogens is 373 g/mol. The fourth-order valence-electron chi connectivity index (χ4n) is 2.90. The number of nitrogens with zero attached hydrogens (tertiary/aromatic N) is 2. The van der Waals surface area contributed by atoms with Gasteiger partial charge in [-0.3, -0.25) is 9.59 Å². The minimum atomic E-state index is -0.439. The molecule has 136 valence electrons. The fourth-order valence-corrected chi connectivity index (χ4v) is 3.30. The van der Waals surface area contributed by atoms with Crippen molar-refractivity contribution in [3.05, 3.63) is 52.5 Å². The summed E-state index contributed by atoms with van der Waals surface area (Å²) < 4.78 is 0. The molecule has 26 heavy (non-hydrogen) atoms. The first-order valence-electron chi connectivity index (χ1n) is 8.19. The van der Waals surface area contributed by atoms with E-state index in [0.29, 0.717) is 21.4 Å². The van der Waals surface area contributed by atoms with Gasteiger partial charge in [0, 0.05) is 38.4 Å². The van der Waals surface area contributed by atoms with Crippen molar-refractivity contribution in [2.45, 2.75) is 6.42 Å². The van der Waals surface area contributed by atoms with Crippen LogP contribution in [0.3, 0.4) is 0 Å². The average Bonchev–Trinajstić information content (AvgIpc) is 2.99. The van der Waals surface area contributed by atoms with Gasteiger partial charge < -0.3 is 15.1 Å². The van der Waals surface area contributed by atoms with E-state index in [0.717, 1.165) is 5.69 Å². The van der Waals surface area contributed by atoms with E-state index in [1.165, 1.54) is 4.90 Å². The molecule has 0 spiro atoms. The summed E-state index contributed by atoms with van der Waals surface area (Å²) in [6.07, 6.45) is 0.143. The molecule has 0 aliphatic carbocycles. The summed E-state index contributed by atoms with van der Waals surface area (Å²) in [6, 6.07) is 12.7. The monoisotopic (exact) mass is 391 g/mol. The minimum Gasteiger partial charge on any atom is -0.378 e. The molecule has 2 aromatic rings. The highest BCUT2D eigenvalue weighted by Crippen LogP contribution is 2.35. The van der Waals surface area contributed by atoms with Gasteiger partial charge in [0.15, 0.2) is 0 Å². The molecule has 2 amide bonds. The van der Waals surface area contributed by atoms with Crippen molar-refractivity contribution in [1.82, 2.24) is 0 Å². The summed E-state index contributed by atoms with van der Waals surface area (Å²) >= 11 is 12.2. The number of hydrogen-bond acceptors (Lipinski definition) is 3. The van der Waals surface area contributed by atoms with Crippen molar-refractivity contribution in [2.75, 3.05) is 35.8 Å². The smallest absolute Gasteiger partial charge is 0.229 e. The van der Waals surface area contributed by atoms with Gasteiger partial charge in [-0.2, -0.15) is 0 Å². The second-order valence-corrected chi connectivity index (χ2v) is 7.19. The van der Waals surface area contributed by atoms with E-state index in [1.807, 2.05) is 43.3 Å². The molecule has 5 nitrogen and oxygen atoms in total. The zero-order valence-corrected chi connectivity index (χ0v) is 16.0. The molecule has 0 saturated carbocycles. The van der Waals surface area contributed by atoms with E-state index in [9.17, 15) is 9.59 Å². The zero-order valence-electron chi connectivity index (χ0n) is 14.5. The lowest BCUT2D eigenvalue weighted by Crippen LogP contribution is -2.28. The standard InChI is InChI=1S/C19H19Cl2N3O2/c1-23(2)14-8-6-13(7-9-14)22-19(26)12-10-17(25)24(11-12)16-5-3-4-15(20)18(16)21/h3-9,12H,10-11H2,1-2H3,(H,22,26). The third kappa shape index (κ3) is 3.79. The molecule has 1 unspecified atom stereocenters. The van der Waals surface area contributed by atoms with Gasteiger partial charge in [-0.25, -0.2) is 0 Å². The largest absolute Gasteiger partial charge is 0.378 e. The van der Waals surface area contributed by atoms with Gasteiger partial charge in [-0.05, 0) is 36.4 Å². The Morgan fingerprint density at radius 3 is 2.50 bits per heavy atom. The first kappa shape index (κ1) is 18.5. The summed E-state index contributed by atoms with van der Waals surface area (Å²) in [5.41, 5.74) is 2.28. The molecular formula is C19H19Cl2N3O2. The van der Waals surface area contributed by atoms with E-state index >= 15 is 0 Å². The molecule has 3 rings (SSSR count). The number of carbonyl (C=O) groups excluding carboxylic acids is 2. The van der Waals surface area contributed by atoms with Crippen LogP contribution >= 0.6 is 23.2 Å². The van der Waals surface area contributed by atoms with Crippen molar-refractivity contribution in [2.24, 2.45) is 5.92 Å². The second-order valence-electron chi connectivity index (χ2n) is 6.41. The predicted octanol–water partition coefficient (Wildman–Crippen LogP) is 4.05. The van der Waals surface area contributed by atoms with Crippen molar-refractivity contribution in [1.29, 1.82) is 0 Å². The summed E-state index contributed by atoms with van der Waals surface area (Å²) in [6.45, 7) is 0.278.